The average molecular weight is 540 g/mol. The van der Waals surface area contributed by atoms with Gasteiger partial charge in [-0.15, -0.1) is 0 Å². The zero-order valence-electron chi connectivity index (χ0n) is 20.5. The van der Waals surface area contributed by atoms with Gasteiger partial charge in [-0.1, -0.05) is 35.9 Å². The fourth-order valence-corrected chi connectivity index (χ4v) is 6.66. The number of benzene rings is 3. The topological polar surface area (TPSA) is 87.7 Å². The van der Waals surface area contributed by atoms with Crippen molar-refractivity contribution >= 4 is 38.9 Å². The van der Waals surface area contributed by atoms with Crippen LogP contribution in [0, 0.1) is 0 Å². The summed E-state index contributed by atoms with van der Waals surface area (Å²) in [6.07, 6.45) is 4.65. The highest BCUT2D eigenvalue weighted by atomic mass is 35.5. The van der Waals surface area contributed by atoms with Gasteiger partial charge in [-0.05, 0) is 85.7 Å². The summed E-state index contributed by atoms with van der Waals surface area (Å²) in [4.78, 5) is 14.8. The van der Waals surface area contributed by atoms with Crippen molar-refractivity contribution in [1.82, 2.24) is 4.72 Å². The molecule has 2 N–H and O–H groups in total. The number of nitrogens with one attached hydrogen (secondary N) is 2. The molecule has 1 aliphatic heterocycles. The van der Waals surface area contributed by atoms with Crippen LogP contribution in [-0.4, -0.2) is 34.0 Å². The zero-order valence-corrected chi connectivity index (χ0v) is 22.0. The molecule has 194 valence electrons. The Balaban J connectivity index is 1.37. The normalized spacial score (nSPS) is 17.3. The van der Waals surface area contributed by atoms with Crippen LogP contribution in [0.4, 0.5) is 11.4 Å². The van der Waals surface area contributed by atoms with Gasteiger partial charge in [0.25, 0.3) is 5.91 Å². The Hall–Kier alpha value is -3.07. The number of rotatable bonds is 8. The number of hydrogen-bond donors (Lipinski definition) is 2. The van der Waals surface area contributed by atoms with Crippen LogP contribution in [0.1, 0.15) is 42.9 Å². The fourth-order valence-electron chi connectivity index (χ4n) is 5.03. The minimum absolute atomic E-state index is 0.175. The molecule has 1 fully saturated rings. The summed E-state index contributed by atoms with van der Waals surface area (Å²) in [5.74, 6) is 0.130. The Kier molecular flexibility index (Phi) is 7.69. The van der Waals surface area contributed by atoms with Gasteiger partial charge in [-0.2, -0.15) is 0 Å². The molecule has 1 amide bonds. The van der Waals surface area contributed by atoms with E-state index in [0.29, 0.717) is 22.1 Å². The van der Waals surface area contributed by atoms with E-state index >= 15 is 0 Å². The molecule has 0 saturated carbocycles. The maximum atomic E-state index is 13.8. The number of anilines is 2. The van der Waals surface area contributed by atoms with Crippen LogP contribution < -0.4 is 19.7 Å². The van der Waals surface area contributed by atoms with Gasteiger partial charge in [0.05, 0.1) is 5.69 Å². The largest absolute Gasteiger partial charge is 0.484 e. The smallest absolute Gasteiger partial charge is 0.262 e. The van der Waals surface area contributed by atoms with Crippen molar-refractivity contribution in [3.63, 3.8) is 0 Å². The second-order valence-corrected chi connectivity index (χ2v) is 11.6. The van der Waals surface area contributed by atoms with Gasteiger partial charge in [0.15, 0.2) is 6.61 Å². The second-order valence-electron chi connectivity index (χ2n) is 9.43. The van der Waals surface area contributed by atoms with Crippen molar-refractivity contribution in [2.45, 2.75) is 43.0 Å². The molecule has 1 aliphatic carbocycles. The van der Waals surface area contributed by atoms with Crippen LogP contribution in [0.5, 0.6) is 5.75 Å². The summed E-state index contributed by atoms with van der Waals surface area (Å²) >= 11 is 5.89. The Labute approximate surface area is 222 Å². The third-order valence-electron chi connectivity index (χ3n) is 6.83. The fraction of sp³-hybridized carbons (Fsp3) is 0.321. The van der Waals surface area contributed by atoms with E-state index in [1.165, 1.54) is 5.56 Å². The third kappa shape index (κ3) is 6.09. The summed E-state index contributed by atoms with van der Waals surface area (Å²) in [7, 11) is -3.88. The molecule has 0 unspecified atom stereocenters. The van der Waals surface area contributed by atoms with Gasteiger partial charge in [0.1, 0.15) is 10.6 Å². The molecule has 0 aromatic heterocycles. The van der Waals surface area contributed by atoms with Gasteiger partial charge in [-0.25, -0.2) is 13.1 Å². The van der Waals surface area contributed by atoms with Crippen molar-refractivity contribution < 1.29 is 17.9 Å². The molecule has 0 radical (unpaired) electrons. The first-order valence-corrected chi connectivity index (χ1v) is 14.4. The maximum absolute atomic E-state index is 13.8. The molecule has 37 heavy (non-hydrogen) atoms. The maximum Gasteiger partial charge on any atom is 0.262 e. The Bertz CT molecular complexity index is 1370. The highest BCUT2D eigenvalue weighted by Gasteiger charge is 2.29. The number of carbonyl (C=O) groups is 1. The standard InChI is InChI=1S/C28H30ClN3O4S/c29-21-10-13-23(14-11-21)36-19-28(33)30-22-12-15-26(32-16-3-4-17-32)27(18-22)37(34,35)31-25-9-5-7-20-6-1-2-8-24(20)25/h1-2,6,8,10-15,18,25,31H,3-5,7,9,16-17,19H2,(H,30,33)/t25-/m0/s1. The average Bonchev–Trinajstić information content (AvgIpc) is 3.43. The number of nitrogens with zero attached hydrogens (tertiary/aromatic N) is 1. The Morgan fingerprint density at radius 1 is 1.00 bits per heavy atom. The van der Waals surface area contributed by atoms with E-state index in [-0.39, 0.29) is 23.5 Å². The highest BCUT2D eigenvalue weighted by Crippen LogP contribution is 2.35. The number of amides is 1. The molecule has 0 spiro atoms. The number of ether oxygens (including phenoxy) is 1. The van der Waals surface area contributed by atoms with E-state index in [0.717, 1.165) is 50.8 Å². The molecule has 9 heteroatoms. The number of carbonyl (C=O) groups excluding carboxylic acids is 1. The molecule has 1 saturated heterocycles. The van der Waals surface area contributed by atoms with Crippen molar-refractivity contribution in [3.8, 4) is 5.75 Å². The van der Waals surface area contributed by atoms with Crippen LogP contribution in [0.2, 0.25) is 5.02 Å². The lowest BCUT2D eigenvalue weighted by Gasteiger charge is -2.28. The first-order valence-electron chi connectivity index (χ1n) is 12.6. The van der Waals surface area contributed by atoms with E-state index in [1.807, 2.05) is 18.2 Å². The second kappa shape index (κ2) is 11.1. The van der Waals surface area contributed by atoms with Crippen LogP contribution in [0.3, 0.4) is 0 Å². The molecule has 0 bridgehead atoms. The number of halogens is 1. The Morgan fingerprint density at radius 2 is 1.76 bits per heavy atom. The quantitative estimate of drug-likeness (QED) is 0.405. The molecular formula is C28H30ClN3O4S. The molecule has 1 atom stereocenters. The molecular weight excluding hydrogens is 510 g/mol. The summed E-state index contributed by atoms with van der Waals surface area (Å²) in [6, 6.07) is 19.5. The number of hydrogen-bond acceptors (Lipinski definition) is 5. The lowest BCUT2D eigenvalue weighted by Crippen LogP contribution is -2.32. The summed E-state index contributed by atoms with van der Waals surface area (Å²) in [5.41, 5.74) is 3.27. The van der Waals surface area contributed by atoms with E-state index < -0.39 is 10.0 Å². The number of fused-ring (bicyclic) bond motifs is 1. The van der Waals surface area contributed by atoms with E-state index in [9.17, 15) is 13.2 Å². The summed E-state index contributed by atoms with van der Waals surface area (Å²) < 4.78 is 36.0. The van der Waals surface area contributed by atoms with Crippen LogP contribution in [0.25, 0.3) is 0 Å². The van der Waals surface area contributed by atoms with Crippen molar-refractivity contribution in [3.05, 3.63) is 82.9 Å². The van der Waals surface area contributed by atoms with Crippen LogP contribution in [-0.2, 0) is 21.2 Å². The van der Waals surface area contributed by atoms with Gasteiger partial charge >= 0.3 is 0 Å². The van der Waals surface area contributed by atoms with Crippen molar-refractivity contribution in [1.29, 1.82) is 0 Å². The van der Waals surface area contributed by atoms with E-state index in [4.69, 9.17) is 16.3 Å². The van der Waals surface area contributed by atoms with Crippen LogP contribution in [0.15, 0.2) is 71.6 Å². The molecule has 2 aliphatic rings. The first kappa shape index (κ1) is 25.6. The van der Waals surface area contributed by atoms with Gasteiger partial charge in [0.2, 0.25) is 10.0 Å². The summed E-state index contributed by atoms with van der Waals surface area (Å²) in [6.45, 7) is 1.39. The number of sulfonamides is 1. The molecule has 5 rings (SSSR count). The molecule has 3 aromatic carbocycles. The van der Waals surface area contributed by atoms with Gasteiger partial charge < -0.3 is 15.0 Å². The van der Waals surface area contributed by atoms with Crippen LogP contribution >= 0.6 is 11.6 Å². The van der Waals surface area contributed by atoms with E-state index in [2.05, 4.69) is 21.0 Å². The summed E-state index contributed by atoms with van der Waals surface area (Å²) in [5, 5.41) is 3.35. The first-order chi connectivity index (χ1) is 17.9. The molecule has 7 nitrogen and oxygen atoms in total. The van der Waals surface area contributed by atoms with Crippen molar-refractivity contribution in [2.75, 3.05) is 29.9 Å². The Morgan fingerprint density at radius 3 is 2.54 bits per heavy atom. The predicted molar refractivity (Wildman–Crippen MR) is 146 cm³/mol. The van der Waals surface area contributed by atoms with Gasteiger partial charge in [0, 0.05) is 29.8 Å². The molecule has 3 aromatic rings. The zero-order chi connectivity index (χ0) is 25.8. The minimum Gasteiger partial charge on any atom is -0.484 e. The van der Waals surface area contributed by atoms with E-state index in [1.54, 1.807) is 42.5 Å². The third-order valence-corrected chi connectivity index (χ3v) is 8.58. The van der Waals surface area contributed by atoms with Gasteiger partial charge in [-0.3, -0.25) is 4.79 Å². The monoisotopic (exact) mass is 539 g/mol. The lowest BCUT2D eigenvalue weighted by molar-refractivity contribution is -0.118. The lowest BCUT2D eigenvalue weighted by atomic mass is 9.88. The van der Waals surface area contributed by atoms with Crippen molar-refractivity contribution in [2.24, 2.45) is 0 Å². The SMILES string of the molecule is O=C(COc1ccc(Cl)cc1)Nc1ccc(N2CCCC2)c(S(=O)(=O)N[C@H]2CCCc3ccccc32)c1. The number of aryl methyl sites for hydroxylation is 1. The predicted octanol–water partition coefficient (Wildman–Crippen LogP) is 5.31. The molecule has 1 heterocycles. The minimum atomic E-state index is -3.88. The highest BCUT2D eigenvalue weighted by molar-refractivity contribution is 7.89.